The zero-order valence-corrected chi connectivity index (χ0v) is 42.3. The average molecular weight is 855 g/mol. The molecule has 0 amide bonds. The van der Waals surface area contributed by atoms with E-state index in [2.05, 4.69) is 38.1 Å². The summed E-state index contributed by atoms with van der Waals surface area (Å²) in [5, 5.41) is 4.88. The molecule has 0 saturated carbocycles. The van der Waals surface area contributed by atoms with Crippen LogP contribution in [0, 0.1) is 0 Å². The Morgan fingerprint density at radius 3 is 0.729 bits per heavy atom. The van der Waals surface area contributed by atoms with Gasteiger partial charge in [-0.05, 0) is 42.2 Å². The van der Waals surface area contributed by atoms with Gasteiger partial charge in [-0.2, -0.15) is 11.8 Å². The Balaban J connectivity index is -0.00000153. The molecule has 59 heavy (non-hydrogen) atoms. The molecule has 2 nitrogen and oxygen atoms in total. The number of hydrogen-bond acceptors (Lipinski definition) is 3. The predicted molar refractivity (Wildman–Crippen MR) is 278 cm³/mol. The van der Waals surface area contributed by atoms with Crippen LogP contribution in [0.4, 0.5) is 0 Å². The second kappa shape index (κ2) is 38.3. The van der Waals surface area contributed by atoms with Crippen molar-refractivity contribution in [2.24, 2.45) is 0 Å². The highest BCUT2D eigenvalue weighted by atomic mass is 32.2. The zero-order valence-electron chi connectivity index (χ0n) is 39.7. The van der Waals surface area contributed by atoms with Crippen LogP contribution in [-0.2, 0) is 15.6 Å². The third-order valence-corrected chi connectivity index (χ3v) is 13.5. The number of benzene rings is 6. The van der Waals surface area contributed by atoms with E-state index in [1.807, 2.05) is 241 Å². The first-order chi connectivity index (χ1) is 28.9. The molecule has 6 aromatic carbocycles. The molecule has 0 saturated heterocycles. The van der Waals surface area contributed by atoms with Gasteiger partial charge in [0.05, 0.1) is 0 Å². The molecular weight excluding hydrogens is 775 g/mol. The van der Waals surface area contributed by atoms with E-state index < -0.39 is 14.3 Å². The van der Waals surface area contributed by atoms with Crippen molar-refractivity contribution in [1.29, 1.82) is 0 Å². The van der Waals surface area contributed by atoms with Crippen LogP contribution in [0.5, 0.6) is 0 Å². The van der Waals surface area contributed by atoms with Gasteiger partial charge in [0.25, 0.3) is 0 Å². The van der Waals surface area contributed by atoms with E-state index in [0.29, 0.717) is 6.42 Å². The lowest BCUT2D eigenvalue weighted by atomic mass is 10.1. The van der Waals surface area contributed by atoms with E-state index in [1.54, 1.807) is 11.8 Å². The minimum Gasteiger partial charge on any atom is -0.309 e. The predicted octanol–water partition coefficient (Wildman–Crippen LogP) is 15.1. The number of rotatable bonds is 8. The molecule has 0 unspecified atom stereocenters. The van der Waals surface area contributed by atoms with Gasteiger partial charge in [-0.3, -0.25) is 0 Å². The fourth-order valence-electron chi connectivity index (χ4n) is 5.41. The van der Waals surface area contributed by atoms with E-state index in [4.69, 9.17) is 0 Å². The third kappa shape index (κ3) is 18.9. The fraction of sp³-hybridized carbons (Fsp3) is 0.333. The van der Waals surface area contributed by atoms with Gasteiger partial charge in [-0.1, -0.05) is 261 Å². The Bertz CT molecular complexity index is 1670. The Morgan fingerprint density at radius 1 is 0.339 bits per heavy atom. The zero-order chi connectivity index (χ0) is 45.5. The van der Waals surface area contributed by atoms with E-state index >= 15 is 0 Å². The maximum Gasteiger partial charge on any atom is 0.171 e. The summed E-state index contributed by atoms with van der Waals surface area (Å²) < 4.78 is 29.8. The van der Waals surface area contributed by atoms with Crippen molar-refractivity contribution in [3.63, 3.8) is 0 Å². The van der Waals surface area contributed by atoms with Gasteiger partial charge < -0.3 is 9.13 Å². The van der Waals surface area contributed by atoms with Crippen LogP contribution < -0.4 is 31.8 Å². The summed E-state index contributed by atoms with van der Waals surface area (Å²) in [7, 11) is -6.14. The summed E-state index contributed by atoms with van der Waals surface area (Å²) >= 11 is 1.75. The maximum atomic E-state index is 14.9. The highest BCUT2D eigenvalue weighted by Crippen LogP contribution is 2.43. The number of thioether (sulfide) groups is 1. The molecule has 0 N–H and O–H groups in total. The molecule has 0 spiro atoms. The van der Waals surface area contributed by atoms with Crippen LogP contribution in [0.3, 0.4) is 0 Å². The van der Waals surface area contributed by atoms with Crippen LogP contribution in [-0.4, -0.2) is 12.5 Å². The van der Waals surface area contributed by atoms with E-state index in [1.165, 1.54) is 6.42 Å². The van der Waals surface area contributed by atoms with E-state index in [0.717, 1.165) is 43.0 Å². The van der Waals surface area contributed by atoms with Gasteiger partial charge in [0.1, 0.15) is 0 Å². The highest BCUT2D eigenvalue weighted by Gasteiger charge is 2.31. The summed E-state index contributed by atoms with van der Waals surface area (Å²) in [5.74, 6) is 0. The van der Waals surface area contributed by atoms with Crippen molar-refractivity contribution in [3.05, 3.63) is 181 Å². The van der Waals surface area contributed by atoms with Crippen molar-refractivity contribution >= 4 is 57.9 Å². The van der Waals surface area contributed by atoms with Gasteiger partial charge in [0, 0.05) is 31.8 Å². The second-order valence-corrected chi connectivity index (χ2v) is 17.5. The van der Waals surface area contributed by atoms with Crippen LogP contribution in [0.15, 0.2) is 170 Å². The lowest BCUT2D eigenvalue weighted by molar-refractivity contribution is 0.591. The summed E-state index contributed by atoms with van der Waals surface area (Å²) in [6.07, 6.45) is 5.97. The quantitative estimate of drug-likeness (QED) is 0.143. The lowest BCUT2D eigenvalue weighted by Crippen LogP contribution is -2.25. The van der Waals surface area contributed by atoms with Gasteiger partial charge >= 0.3 is 0 Å². The van der Waals surface area contributed by atoms with Gasteiger partial charge in [0.2, 0.25) is 0 Å². The molecule has 0 aromatic heterocycles. The largest absolute Gasteiger partial charge is 0.309 e. The SMILES string of the molecule is CC.CC.CC.CC.CC.CC.CCC.CSC.O=P(c1ccccc1)(c1ccccc1)c1cccc(Cc2cccc(P(=O)(c3ccccc3)c3ccccc3)c2)c1. The summed E-state index contributed by atoms with van der Waals surface area (Å²) in [6.45, 7) is 28.2. The summed E-state index contributed by atoms with van der Waals surface area (Å²) in [6, 6.07) is 55.2. The smallest absolute Gasteiger partial charge is 0.171 e. The Hall–Kier alpha value is -3.87. The number of hydrogen-bond donors (Lipinski definition) is 0. The van der Waals surface area contributed by atoms with Crippen LogP contribution in [0.2, 0.25) is 0 Å². The molecule has 324 valence electrons. The van der Waals surface area contributed by atoms with Crippen molar-refractivity contribution in [3.8, 4) is 0 Å². The molecule has 0 aliphatic carbocycles. The van der Waals surface area contributed by atoms with Crippen molar-refractivity contribution in [1.82, 2.24) is 0 Å². The van der Waals surface area contributed by atoms with Gasteiger partial charge in [0.15, 0.2) is 14.3 Å². The normalized spacial score (nSPS) is 9.36. The molecule has 6 aromatic rings. The summed E-state index contributed by atoms with van der Waals surface area (Å²) in [5.41, 5.74) is 2.11. The second-order valence-electron chi connectivity index (χ2n) is 11.2. The Morgan fingerprint density at radius 2 is 0.525 bits per heavy atom. The molecule has 0 heterocycles. The molecule has 0 aliphatic rings. The Kier molecular flexibility index (Phi) is 38.6. The average Bonchev–Trinajstić information content (AvgIpc) is 3.34. The standard InChI is InChI=1S/C37H30O2P2.C3H8.C2H6S.6C2H6/c38-40(32-17-5-1-6-18-32,33-19-7-2-8-20-33)36-25-13-15-30(28-36)27-31-16-14-26-37(29-31)41(39,34-21-9-3-10-22-34)35-23-11-4-12-24-35;2*1-3-2;6*1-2/h1-26,28-29H,27H2;3H2,1-2H3;1-2H3;6*1-2H3. The fourth-order valence-corrected chi connectivity index (χ4v) is 10.9. The van der Waals surface area contributed by atoms with Crippen LogP contribution in [0.1, 0.15) is 114 Å². The molecule has 0 radical (unpaired) electrons. The monoisotopic (exact) mass is 855 g/mol. The third-order valence-electron chi connectivity index (χ3n) is 7.44. The molecule has 5 heteroatoms. The van der Waals surface area contributed by atoms with Gasteiger partial charge in [-0.15, -0.1) is 0 Å². The van der Waals surface area contributed by atoms with Crippen molar-refractivity contribution in [2.75, 3.05) is 12.5 Å². The molecule has 0 atom stereocenters. The molecule has 6 rings (SSSR count). The summed E-state index contributed by atoms with van der Waals surface area (Å²) in [4.78, 5) is 0. The first-order valence-corrected chi connectivity index (χ1v) is 27.0. The van der Waals surface area contributed by atoms with E-state index in [9.17, 15) is 9.13 Å². The first kappa shape index (κ1) is 59.4. The van der Waals surface area contributed by atoms with Gasteiger partial charge in [-0.25, -0.2) is 0 Å². The minimum absolute atomic E-state index is 0.634. The lowest BCUT2D eigenvalue weighted by Gasteiger charge is -2.21. The molecule has 0 fully saturated rings. The van der Waals surface area contributed by atoms with Crippen LogP contribution >= 0.6 is 26.0 Å². The van der Waals surface area contributed by atoms with Crippen molar-refractivity contribution in [2.45, 2.75) is 110 Å². The highest BCUT2D eigenvalue weighted by molar-refractivity contribution is 7.97. The van der Waals surface area contributed by atoms with Crippen molar-refractivity contribution < 1.29 is 9.13 Å². The van der Waals surface area contributed by atoms with E-state index in [-0.39, 0.29) is 0 Å². The topological polar surface area (TPSA) is 34.1 Å². The minimum atomic E-state index is -3.07. The van der Waals surface area contributed by atoms with Crippen LogP contribution in [0.25, 0.3) is 0 Å². The molecule has 0 bridgehead atoms. The first-order valence-electron chi connectivity index (χ1n) is 21.9. The Labute approximate surface area is 368 Å². The maximum absolute atomic E-state index is 14.9. The molecular formula is C54H80O2P2S. The molecule has 0 aliphatic heterocycles.